The van der Waals surface area contributed by atoms with E-state index in [1.54, 1.807) is 0 Å². The van der Waals surface area contributed by atoms with Crippen molar-refractivity contribution in [2.75, 3.05) is 0 Å². The van der Waals surface area contributed by atoms with E-state index in [2.05, 4.69) is 0 Å². The molecular weight excluding hydrogens is 280 g/mol. The Labute approximate surface area is 118 Å². The molecule has 0 aliphatic heterocycles. The zero-order valence-electron chi connectivity index (χ0n) is 10.5. The Morgan fingerprint density at radius 3 is 2.19 bits per heavy atom. The van der Waals surface area contributed by atoms with Gasteiger partial charge in [0, 0.05) is 6.07 Å². The third-order valence-corrected chi connectivity index (χ3v) is 2.61. The Balaban J connectivity index is 2.26. The molecule has 0 unspecified atom stereocenters. The van der Waals surface area contributed by atoms with E-state index in [0.29, 0.717) is 0 Å². The van der Waals surface area contributed by atoms with Gasteiger partial charge in [-0.25, -0.2) is 9.59 Å². The Morgan fingerprint density at radius 2 is 1.57 bits per heavy atom. The third-order valence-electron chi connectivity index (χ3n) is 2.61. The molecule has 0 radical (unpaired) electrons. The first kappa shape index (κ1) is 14.2. The second kappa shape index (κ2) is 5.41. The minimum Gasteiger partial charge on any atom is -0.508 e. The van der Waals surface area contributed by atoms with Gasteiger partial charge in [0.15, 0.2) is 0 Å². The number of hydrogen-bond acceptors (Lipinski definition) is 6. The highest BCUT2D eigenvalue weighted by atomic mass is 16.5. The van der Waals surface area contributed by atoms with Crippen molar-refractivity contribution in [1.29, 1.82) is 0 Å². The Kier molecular flexibility index (Phi) is 3.66. The average molecular weight is 290 g/mol. The molecule has 2 aromatic carbocycles. The summed E-state index contributed by atoms with van der Waals surface area (Å²) in [4.78, 5) is 22.6. The van der Waals surface area contributed by atoms with Crippen LogP contribution in [0.15, 0.2) is 36.4 Å². The lowest BCUT2D eigenvalue weighted by Gasteiger charge is -2.07. The van der Waals surface area contributed by atoms with E-state index >= 15 is 0 Å². The lowest BCUT2D eigenvalue weighted by atomic mass is 10.2. The molecule has 108 valence electrons. The van der Waals surface area contributed by atoms with Gasteiger partial charge in [0.2, 0.25) is 0 Å². The van der Waals surface area contributed by atoms with E-state index in [-0.39, 0.29) is 28.4 Å². The van der Waals surface area contributed by atoms with Crippen LogP contribution in [-0.2, 0) is 0 Å². The molecule has 0 saturated carbocycles. The van der Waals surface area contributed by atoms with Gasteiger partial charge >= 0.3 is 11.9 Å². The molecule has 0 aliphatic carbocycles. The van der Waals surface area contributed by atoms with Gasteiger partial charge in [0.1, 0.15) is 34.1 Å². The SMILES string of the molecule is O=C(O)c1ccc(OC(=O)c2cc(O)ccc2O)cc1O. The normalized spacial score (nSPS) is 10.1. The van der Waals surface area contributed by atoms with Crippen LogP contribution in [0.2, 0.25) is 0 Å². The first-order valence-electron chi connectivity index (χ1n) is 5.69. The number of carbonyl (C=O) groups is 2. The first-order chi connectivity index (χ1) is 9.88. The van der Waals surface area contributed by atoms with Gasteiger partial charge in [-0.1, -0.05) is 0 Å². The number of ether oxygens (including phenoxy) is 1. The molecule has 7 heteroatoms. The maximum Gasteiger partial charge on any atom is 0.347 e. The van der Waals surface area contributed by atoms with Crippen LogP contribution in [-0.4, -0.2) is 32.4 Å². The number of hydrogen-bond donors (Lipinski definition) is 4. The highest BCUT2D eigenvalue weighted by molar-refractivity contribution is 5.95. The average Bonchev–Trinajstić information content (AvgIpc) is 2.41. The second-order valence-corrected chi connectivity index (χ2v) is 4.08. The van der Waals surface area contributed by atoms with Gasteiger partial charge in [-0.05, 0) is 30.3 Å². The summed E-state index contributed by atoms with van der Waals surface area (Å²) in [7, 11) is 0. The molecule has 21 heavy (non-hydrogen) atoms. The number of phenolic OH excluding ortho intramolecular Hbond substituents is 2. The van der Waals surface area contributed by atoms with Crippen LogP contribution in [0.3, 0.4) is 0 Å². The fraction of sp³-hybridized carbons (Fsp3) is 0. The Bertz CT molecular complexity index is 721. The molecule has 2 aromatic rings. The van der Waals surface area contributed by atoms with E-state index in [4.69, 9.17) is 9.84 Å². The number of carboxylic acids is 1. The molecule has 0 aliphatic rings. The van der Waals surface area contributed by atoms with Crippen LogP contribution in [0.4, 0.5) is 0 Å². The molecule has 0 aromatic heterocycles. The molecule has 0 fully saturated rings. The largest absolute Gasteiger partial charge is 0.508 e. The fourth-order valence-electron chi connectivity index (χ4n) is 1.61. The molecule has 0 bridgehead atoms. The molecule has 7 nitrogen and oxygen atoms in total. The quantitative estimate of drug-likeness (QED) is 0.385. The monoisotopic (exact) mass is 290 g/mol. The zero-order valence-corrected chi connectivity index (χ0v) is 10.5. The number of benzene rings is 2. The summed E-state index contributed by atoms with van der Waals surface area (Å²) in [6.45, 7) is 0. The maximum absolute atomic E-state index is 11.8. The summed E-state index contributed by atoms with van der Waals surface area (Å²) < 4.78 is 4.89. The van der Waals surface area contributed by atoms with E-state index in [0.717, 1.165) is 24.3 Å². The van der Waals surface area contributed by atoms with Crippen LogP contribution in [0.1, 0.15) is 20.7 Å². The maximum atomic E-state index is 11.8. The van der Waals surface area contributed by atoms with Crippen LogP contribution in [0.25, 0.3) is 0 Å². The van der Waals surface area contributed by atoms with Gasteiger partial charge in [0.05, 0.1) is 0 Å². The summed E-state index contributed by atoms with van der Waals surface area (Å²) in [6, 6.07) is 6.55. The number of rotatable bonds is 3. The summed E-state index contributed by atoms with van der Waals surface area (Å²) in [5.74, 6) is -3.58. The molecular formula is C14H10O7. The molecule has 0 heterocycles. The summed E-state index contributed by atoms with van der Waals surface area (Å²) in [5, 5.41) is 37.0. The highest BCUT2D eigenvalue weighted by Gasteiger charge is 2.16. The lowest BCUT2D eigenvalue weighted by Crippen LogP contribution is -2.09. The standard InChI is InChI=1S/C14H10O7/c15-7-1-4-11(16)10(5-7)14(20)21-8-2-3-9(13(18)19)12(17)6-8/h1-6,15-17H,(H,18,19). The van der Waals surface area contributed by atoms with E-state index in [1.807, 2.05) is 0 Å². The van der Waals surface area contributed by atoms with Crippen molar-refractivity contribution in [3.05, 3.63) is 47.5 Å². The number of aromatic carboxylic acids is 1. The van der Waals surface area contributed by atoms with Crippen molar-refractivity contribution in [3.63, 3.8) is 0 Å². The zero-order chi connectivity index (χ0) is 15.6. The van der Waals surface area contributed by atoms with Crippen LogP contribution in [0, 0.1) is 0 Å². The van der Waals surface area contributed by atoms with Crippen molar-refractivity contribution in [2.24, 2.45) is 0 Å². The van der Waals surface area contributed by atoms with Crippen LogP contribution < -0.4 is 4.74 Å². The van der Waals surface area contributed by atoms with Crippen molar-refractivity contribution >= 4 is 11.9 Å². The van der Waals surface area contributed by atoms with Gasteiger partial charge in [-0.2, -0.15) is 0 Å². The summed E-state index contributed by atoms with van der Waals surface area (Å²) >= 11 is 0. The topological polar surface area (TPSA) is 124 Å². The summed E-state index contributed by atoms with van der Waals surface area (Å²) in [6.07, 6.45) is 0. The smallest absolute Gasteiger partial charge is 0.347 e. The lowest BCUT2D eigenvalue weighted by molar-refractivity contribution is 0.0693. The van der Waals surface area contributed by atoms with Gasteiger partial charge < -0.3 is 25.2 Å². The minimum atomic E-state index is -1.32. The molecule has 0 amide bonds. The third kappa shape index (κ3) is 3.03. The fourth-order valence-corrected chi connectivity index (χ4v) is 1.61. The number of esters is 1. The summed E-state index contributed by atoms with van der Waals surface area (Å²) in [5.41, 5.74) is -0.605. The minimum absolute atomic E-state index is 0.106. The predicted molar refractivity (Wildman–Crippen MR) is 69.8 cm³/mol. The molecule has 0 spiro atoms. The Hall–Kier alpha value is -3.22. The van der Waals surface area contributed by atoms with E-state index in [9.17, 15) is 24.9 Å². The van der Waals surface area contributed by atoms with Crippen LogP contribution in [0.5, 0.6) is 23.0 Å². The number of aromatic hydroxyl groups is 3. The first-order valence-corrected chi connectivity index (χ1v) is 5.69. The van der Waals surface area contributed by atoms with E-state index < -0.39 is 17.7 Å². The predicted octanol–water partition coefficient (Wildman–Crippen LogP) is 1.72. The molecule has 0 saturated heterocycles. The molecule has 0 atom stereocenters. The van der Waals surface area contributed by atoms with E-state index in [1.165, 1.54) is 12.1 Å². The van der Waals surface area contributed by atoms with Gasteiger partial charge in [0.25, 0.3) is 0 Å². The van der Waals surface area contributed by atoms with Crippen molar-refractivity contribution in [2.45, 2.75) is 0 Å². The van der Waals surface area contributed by atoms with Gasteiger partial charge in [-0.3, -0.25) is 0 Å². The second-order valence-electron chi connectivity index (χ2n) is 4.08. The highest BCUT2D eigenvalue weighted by Crippen LogP contribution is 2.27. The number of carbonyl (C=O) groups excluding carboxylic acids is 1. The van der Waals surface area contributed by atoms with Crippen LogP contribution >= 0.6 is 0 Å². The Morgan fingerprint density at radius 1 is 0.857 bits per heavy atom. The number of carboxylic acid groups (broad SMARTS) is 1. The molecule has 2 rings (SSSR count). The van der Waals surface area contributed by atoms with Gasteiger partial charge in [-0.15, -0.1) is 0 Å². The number of phenols is 3. The molecule has 4 N–H and O–H groups in total. The van der Waals surface area contributed by atoms with Crippen molar-refractivity contribution < 1.29 is 34.8 Å². The van der Waals surface area contributed by atoms with Crippen molar-refractivity contribution in [1.82, 2.24) is 0 Å². The van der Waals surface area contributed by atoms with Crippen molar-refractivity contribution in [3.8, 4) is 23.0 Å².